The fourth-order valence-electron chi connectivity index (χ4n) is 4.68. The fourth-order valence-corrected chi connectivity index (χ4v) is 4.68. The number of carbonyl (C=O) groups is 2. The van der Waals surface area contributed by atoms with E-state index in [-0.39, 0.29) is 30.7 Å². The molecule has 1 aromatic carbocycles. The Bertz CT molecular complexity index is 1060. The summed E-state index contributed by atoms with van der Waals surface area (Å²) >= 11 is 0. The average molecular weight is 466 g/mol. The second kappa shape index (κ2) is 11.3. The predicted molar refractivity (Wildman–Crippen MR) is 127 cm³/mol. The van der Waals surface area contributed by atoms with Gasteiger partial charge in [0.05, 0.1) is 17.9 Å². The molecule has 0 bridgehead atoms. The van der Waals surface area contributed by atoms with Crippen molar-refractivity contribution in [2.75, 3.05) is 0 Å². The van der Waals surface area contributed by atoms with E-state index in [2.05, 4.69) is 17.1 Å². The van der Waals surface area contributed by atoms with E-state index in [4.69, 9.17) is 14.2 Å². The van der Waals surface area contributed by atoms with Crippen LogP contribution in [0.2, 0.25) is 0 Å². The van der Waals surface area contributed by atoms with Crippen LogP contribution in [0, 0.1) is 11.8 Å². The van der Waals surface area contributed by atoms with Crippen molar-refractivity contribution in [1.82, 2.24) is 4.98 Å². The molecule has 0 spiro atoms. The molecule has 180 valence electrons. The first-order chi connectivity index (χ1) is 16.5. The Hall–Kier alpha value is -3.19. The molecule has 1 fully saturated rings. The molecule has 0 radical (unpaired) electrons. The highest BCUT2D eigenvalue weighted by Crippen LogP contribution is 2.38. The average Bonchev–Trinajstić information content (AvgIpc) is 3.22. The van der Waals surface area contributed by atoms with E-state index in [0.29, 0.717) is 18.5 Å². The number of aliphatic hydroxyl groups is 1. The minimum Gasteiger partial charge on any atom is -0.460 e. The molecule has 1 aliphatic heterocycles. The Kier molecular flexibility index (Phi) is 7.95. The number of benzene rings is 1. The van der Waals surface area contributed by atoms with Gasteiger partial charge in [-0.15, -0.1) is 0 Å². The summed E-state index contributed by atoms with van der Waals surface area (Å²) < 4.78 is 16.2. The summed E-state index contributed by atoms with van der Waals surface area (Å²) in [6, 6.07) is 9.73. The van der Waals surface area contributed by atoms with Gasteiger partial charge in [0.25, 0.3) is 0 Å². The number of carbonyl (C=O) groups excluding carboxylic acids is 2. The molecule has 34 heavy (non-hydrogen) atoms. The van der Waals surface area contributed by atoms with Crippen LogP contribution in [0.1, 0.15) is 44.7 Å². The number of ether oxygens (including phenoxy) is 3. The molecule has 5 atom stereocenters. The van der Waals surface area contributed by atoms with Crippen molar-refractivity contribution in [3.8, 4) is 0 Å². The molecular weight excluding hydrogens is 434 g/mol. The van der Waals surface area contributed by atoms with Crippen LogP contribution >= 0.6 is 0 Å². The zero-order valence-corrected chi connectivity index (χ0v) is 19.3. The fraction of sp³-hybridized carbons (Fsp3) is 0.444. The van der Waals surface area contributed by atoms with Crippen LogP contribution in [0.5, 0.6) is 0 Å². The van der Waals surface area contributed by atoms with Crippen molar-refractivity contribution in [2.24, 2.45) is 11.8 Å². The number of rotatable bonds is 3. The second-order valence-electron chi connectivity index (χ2n) is 9.06. The molecule has 1 N–H and O–H groups in total. The maximum absolute atomic E-state index is 12.3. The Morgan fingerprint density at radius 3 is 2.88 bits per heavy atom. The third kappa shape index (κ3) is 6.44. The number of aliphatic hydroxyl groups excluding tert-OH is 1. The standard InChI is InChI=1S/C27H31NO6/c1-18-7-3-2-4-9-20-14-23(15-24(20)25(29)11-12-26(30)33-18)34-27(31)32-17-22-13-19-8-5-6-10-21(19)16-28-22/h4-6,8-13,16,18,20,23-25,29H,2-3,7,14-15,17H2,1H3/b9-4+,12-11?/t18-,20+,23-,24+,25+/m0/s1. The van der Waals surface area contributed by atoms with Gasteiger partial charge in [0.15, 0.2) is 0 Å². The van der Waals surface area contributed by atoms with Crippen LogP contribution < -0.4 is 0 Å². The van der Waals surface area contributed by atoms with Crippen LogP contribution in [0.4, 0.5) is 4.79 Å². The number of hydrogen-bond donors (Lipinski definition) is 1. The molecule has 4 rings (SSSR count). The largest absolute Gasteiger partial charge is 0.508 e. The maximum atomic E-state index is 12.3. The quantitative estimate of drug-likeness (QED) is 0.510. The van der Waals surface area contributed by atoms with E-state index in [9.17, 15) is 14.7 Å². The lowest BCUT2D eigenvalue weighted by atomic mass is 9.90. The Morgan fingerprint density at radius 1 is 1.21 bits per heavy atom. The normalized spacial score (nSPS) is 28.6. The number of hydrogen-bond acceptors (Lipinski definition) is 7. The van der Waals surface area contributed by atoms with Gasteiger partial charge in [0.2, 0.25) is 0 Å². The molecule has 7 nitrogen and oxygen atoms in total. The van der Waals surface area contributed by atoms with Gasteiger partial charge in [-0.2, -0.15) is 0 Å². The van der Waals surface area contributed by atoms with Crippen molar-refractivity contribution < 1.29 is 28.9 Å². The first kappa shape index (κ1) is 24.0. The number of cyclic esters (lactones) is 1. The van der Waals surface area contributed by atoms with Crippen LogP contribution in [-0.2, 0) is 25.6 Å². The summed E-state index contributed by atoms with van der Waals surface area (Å²) in [4.78, 5) is 28.7. The number of esters is 1. The molecular formula is C27H31NO6. The van der Waals surface area contributed by atoms with E-state index in [0.717, 1.165) is 30.0 Å². The Labute approximate surface area is 199 Å². The first-order valence-electron chi connectivity index (χ1n) is 11.9. The van der Waals surface area contributed by atoms with Crippen LogP contribution in [0.15, 0.2) is 60.8 Å². The Morgan fingerprint density at radius 2 is 2.03 bits per heavy atom. The third-order valence-corrected chi connectivity index (χ3v) is 6.46. The van der Waals surface area contributed by atoms with E-state index < -0.39 is 18.2 Å². The van der Waals surface area contributed by atoms with Gasteiger partial charge in [-0.1, -0.05) is 36.4 Å². The minimum absolute atomic E-state index is 0.0229. The molecule has 1 saturated carbocycles. The van der Waals surface area contributed by atoms with E-state index >= 15 is 0 Å². The lowest BCUT2D eigenvalue weighted by molar-refractivity contribution is -0.142. The predicted octanol–water partition coefficient (Wildman–Crippen LogP) is 4.87. The van der Waals surface area contributed by atoms with Crippen LogP contribution in [0.3, 0.4) is 0 Å². The minimum atomic E-state index is -0.843. The SMILES string of the molecule is C[C@H]1CCC/C=C/[C@@H]2C[C@H](OC(=O)OCc3cc4ccccc4cn3)C[C@H]2[C@H](O)C=CC(=O)O1. The summed E-state index contributed by atoms with van der Waals surface area (Å²) in [5.41, 5.74) is 0.643. The molecule has 0 unspecified atom stereocenters. The lowest BCUT2D eigenvalue weighted by Gasteiger charge is -2.19. The number of pyridine rings is 1. The molecule has 2 heterocycles. The summed E-state index contributed by atoms with van der Waals surface area (Å²) in [7, 11) is 0. The molecule has 1 aliphatic carbocycles. The smallest absolute Gasteiger partial charge is 0.460 e. The van der Waals surface area contributed by atoms with E-state index in [1.54, 1.807) is 6.20 Å². The first-order valence-corrected chi connectivity index (χ1v) is 11.9. The van der Waals surface area contributed by atoms with Crippen LogP contribution in [0.25, 0.3) is 10.8 Å². The summed E-state index contributed by atoms with van der Waals surface area (Å²) in [6.45, 7) is 1.90. The second-order valence-corrected chi connectivity index (χ2v) is 9.06. The highest BCUT2D eigenvalue weighted by molar-refractivity contribution is 5.82. The van der Waals surface area contributed by atoms with E-state index in [1.807, 2.05) is 37.3 Å². The van der Waals surface area contributed by atoms with Crippen molar-refractivity contribution in [3.05, 3.63) is 66.5 Å². The van der Waals surface area contributed by atoms with Gasteiger partial charge < -0.3 is 19.3 Å². The lowest BCUT2D eigenvalue weighted by Crippen LogP contribution is -2.22. The highest BCUT2D eigenvalue weighted by atomic mass is 16.7. The van der Waals surface area contributed by atoms with Gasteiger partial charge in [-0.05, 0) is 68.4 Å². The molecule has 2 aromatic rings. The van der Waals surface area contributed by atoms with Gasteiger partial charge in [-0.3, -0.25) is 4.98 Å². The zero-order chi connectivity index (χ0) is 23.9. The number of allylic oxidation sites excluding steroid dienone is 2. The zero-order valence-electron chi connectivity index (χ0n) is 19.3. The van der Waals surface area contributed by atoms with Crippen molar-refractivity contribution >= 4 is 22.9 Å². The van der Waals surface area contributed by atoms with Crippen molar-refractivity contribution in [1.29, 1.82) is 0 Å². The van der Waals surface area contributed by atoms with Gasteiger partial charge in [-0.25, -0.2) is 9.59 Å². The number of nitrogens with zero attached hydrogens (tertiary/aromatic N) is 1. The number of aromatic nitrogens is 1. The topological polar surface area (TPSA) is 95.0 Å². The monoisotopic (exact) mass is 465 g/mol. The van der Waals surface area contributed by atoms with Gasteiger partial charge in [0.1, 0.15) is 12.7 Å². The summed E-state index contributed by atoms with van der Waals surface area (Å²) in [6.07, 6.45) is 10.2. The van der Waals surface area contributed by atoms with Crippen LogP contribution in [-0.4, -0.2) is 40.5 Å². The van der Waals surface area contributed by atoms with E-state index in [1.165, 1.54) is 12.2 Å². The Balaban J connectivity index is 1.34. The van der Waals surface area contributed by atoms with Gasteiger partial charge >= 0.3 is 12.1 Å². The number of fused-ring (bicyclic) bond motifs is 2. The molecule has 2 aliphatic rings. The summed E-state index contributed by atoms with van der Waals surface area (Å²) in [5.74, 6) is -0.584. The highest BCUT2D eigenvalue weighted by Gasteiger charge is 2.38. The van der Waals surface area contributed by atoms with Crippen molar-refractivity contribution in [3.63, 3.8) is 0 Å². The van der Waals surface area contributed by atoms with Gasteiger partial charge in [0, 0.05) is 17.7 Å². The molecule has 1 aromatic heterocycles. The maximum Gasteiger partial charge on any atom is 0.508 e. The molecule has 7 heteroatoms. The van der Waals surface area contributed by atoms with Crippen molar-refractivity contribution in [2.45, 2.75) is 63.9 Å². The molecule has 0 amide bonds. The third-order valence-electron chi connectivity index (χ3n) is 6.46. The molecule has 0 saturated heterocycles. The summed E-state index contributed by atoms with van der Waals surface area (Å²) in [5, 5.41) is 12.7.